The minimum atomic E-state index is -5.39. The van der Waals surface area contributed by atoms with E-state index < -0.39 is 39.1 Å². The predicted octanol–water partition coefficient (Wildman–Crippen LogP) is -14.1. The largest absolute Gasteiger partial charge is 3.00 e. The molecule has 0 unspecified atom stereocenters. The number of hydrogen-bond donors (Lipinski definition) is 0. The maximum atomic E-state index is 8.55. The average Bonchev–Trinajstić information content (AvgIpc) is 1.79. The molecule has 20 nitrogen and oxygen atoms in total. The minimum Gasteiger partial charge on any atom is -0.822 e. The van der Waals surface area contributed by atoms with Gasteiger partial charge in [0.2, 0.25) is 0 Å². The Balaban J connectivity index is -0.0000000200. The van der Waals surface area contributed by atoms with Gasteiger partial charge in [-0.15, -0.1) is 0 Å². The van der Waals surface area contributed by atoms with Crippen LogP contribution in [0.15, 0.2) is 0 Å². The van der Waals surface area contributed by atoms with Crippen molar-refractivity contribution in [1.82, 2.24) is 0 Å². The Morgan fingerprint density at radius 1 is 0.233 bits per heavy atom. The standard InChI is InChI=1S/5H3O4P.5Pr/c5*1-5(2,3)4;;;;;/h5*(H3,1,2,3,4);;;;;/q;;;;;5*+3/p-15. The summed E-state index contributed by atoms with van der Waals surface area (Å²) in [7, 11) is -26.9. The van der Waals surface area contributed by atoms with Crippen molar-refractivity contribution in [2.75, 3.05) is 0 Å². The Bertz CT molecular complexity index is 385. The van der Waals surface area contributed by atoms with Gasteiger partial charge in [-0.05, 0) is 0 Å². The molecule has 30 heteroatoms. The molecule has 30 heavy (non-hydrogen) atoms. The van der Waals surface area contributed by atoms with E-state index in [1.54, 1.807) is 0 Å². The van der Waals surface area contributed by atoms with Crippen molar-refractivity contribution in [3.8, 4) is 0 Å². The van der Waals surface area contributed by atoms with Crippen LogP contribution in [0, 0.1) is 206 Å². The van der Waals surface area contributed by atoms with E-state index in [0.29, 0.717) is 0 Å². The third-order valence-electron chi connectivity index (χ3n) is 0. The summed E-state index contributed by atoms with van der Waals surface area (Å²) < 4.78 is 42.7. The summed E-state index contributed by atoms with van der Waals surface area (Å²) in [4.78, 5) is 128. The molecule has 0 spiro atoms. The van der Waals surface area contributed by atoms with E-state index in [-0.39, 0.29) is 206 Å². The summed E-state index contributed by atoms with van der Waals surface area (Å²) in [6, 6.07) is 0. The summed E-state index contributed by atoms with van der Waals surface area (Å²) in [5, 5.41) is 0. The number of hydrogen-bond acceptors (Lipinski definition) is 20. The van der Waals surface area contributed by atoms with Crippen LogP contribution in [0.1, 0.15) is 0 Å². The Morgan fingerprint density at radius 2 is 0.233 bits per heavy atom. The first kappa shape index (κ1) is 66.0. The van der Waals surface area contributed by atoms with Gasteiger partial charge < -0.3 is 96.2 Å². The van der Waals surface area contributed by atoms with Gasteiger partial charge in [-0.2, -0.15) is 39.1 Å². The number of rotatable bonds is 0. The van der Waals surface area contributed by atoms with Crippen LogP contribution in [-0.4, -0.2) is 0 Å². The van der Waals surface area contributed by atoms with Crippen molar-refractivity contribution >= 4 is 39.1 Å². The van der Waals surface area contributed by atoms with Crippen LogP contribution >= 0.6 is 39.1 Å². The molecule has 0 aromatic heterocycles. The molecule has 160 valence electrons. The molecule has 0 fully saturated rings. The second-order valence-corrected chi connectivity index (χ2v) is 6.71. The van der Waals surface area contributed by atoms with Gasteiger partial charge in [-0.1, -0.05) is 0 Å². The van der Waals surface area contributed by atoms with E-state index in [1.807, 2.05) is 0 Å². The summed E-state index contributed by atoms with van der Waals surface area (Å²) in [5.74, 6) is 0. The first-order chi connectivity index (χ1) is 10.0. The zero-order chi connectivity index (χ0) is 22.5. The van der Waals surface area contributed by atoms with Crippen molar-refractivity contribution in [3.63, 3.8) is 0 Å². The van der Waals surface area contributed by atoms with Gasteiger partial charge in [0.1, 0.15) is 0 Å². The van der Waals surface area contributed by atoms with Crippen LogP contribution < -0.4 is 73.4 Å². The molecule has 0 aliphatic rings. The monoisotopic (exact) mass is 1180 g/mol. The predicted molar refractivity (Wildman–Crippen MR) is 38.0 cm³/mol. The van der Waals surface area contributed by atoms with Crippen molar-refractivity contribution in [2.45, 2.75) is 0 Å². The fraction of sp³-hybridized carbons (Fsp3) is 0. The van der Waals surface area contributed by atoms with Crippen LogP contribution in [0.25, 0.3) is 0 Å². The van der Waals surface area contributed by atoms with Crippen LogP contribution in [0.3, 0.4) is 0 Å². The minimum absolute atomic E-state index is 0. The van der Waals surface area contributed by atoms with E-state index in [1.165, 1.54) is 0 Å². The molecule has 0 heterocycles. The molecular weight excluding hydrogens is 1180 g/mol. The molecule has 0 rings (SSSR count). The van der Waals surface area contributed by atoms with E-state index in [9.17, 15) is 0 Å². The Labute approximate surface area is 333 Å². The zero-order valence-electron chi connectivity index (χ0n) is 13.3. The van der Waals surface area contributed by atoms with Gasteiger partial charge in [0, 0.05) is 0 Å². The molecule has 0 saturated heterocycles. The molecule has 0 amide bonds. The summed E-state index contributed by atoms with van der Waals surface area (Å²) >= 11 is 0. The second-order valence-electron chi connectivity index (χ2n) is 2.24. The summed E-state index contributed by atoms with van der Waals surface area (Å²) in [5.41, 5.74) is 0. The number of phosphoric acid groups is 5. The van der Waals surface area contributed by atoms with E-state index >= 15 is 0 Å². The van der Waals surface area contributed by atoms with Gasteiger partial charge in [0.25, 0.3) is 0 Å². The fourth-order valence-electron chi connectivity index (χ4n) is 0. The molecule has 0 aromatic rings. The van der Waals surface area contributed by atoms with E-state index in [4.69, 9.17) is 96.2 Å². The van der Waals surface area contributed by atoms with Crippen LogP contribution in [0.5, 0.6) is 0 Å². The second kappa shape index (κ2) is 32.6. The van der Waals surface area contributed by atoms with Gasteiger partial charge >= 0.3 is 206 Å². The first-order valence-corrected chi connectivity index (χ1v) is 11.0. The normalized spacial score (nSPS) is 9.83. The Hall–Kier alpha value is 7.37. The third kappa shape index (κ3) is 769. The quantitative estimate of drug-likeness (QED) is 0.203. The van der Waals surface area contributed by atoms with E-state index in [0.717, 1.165) is 0 Å². The molecule has 0 aliphatic carbocycles. The topological polar surface area (TPSA) is 431 Å². The Kier molecular flexibility index (Phi) is 71.7. The molecule has 0 N–H and O–H groups in total. The maximum absolute atomic E-state index is 8.55. The van der Waals surface area contributed by atoms with Gasteiger partial charge in [0.05, 0.1) is 0 Å². The van der Waals surface area contributed by atoms with E-state index in [2.05, 4.69) is 0 Å². The third-order valence-corrected chi connectivity index (χ3v) is 0. The molecule has 0 atom stereocenters. The molecule has 0 radical (unpaired) electrons. The van der Waals surface area contributed by atoms with Crippen molar-refractivity contribution in [3.05, 3.63) is 0 Å². The summed E-state index contributed by atoms with van der Waals surface area (Å²) in [6.45, 7) is 0. The fourth-order valence-corrected chi connectivity index (χ4v) is 0. The van der Waals surface area contributed by atoms with Crippen LogP contribution in [0.2, 0.25) is 0 Å². The maximum Gasteiger partial charge on any atom is 3.00 e. The van der Waals surface area contributed by atoms with Crippen molar-refractivity contribution in [1.29, 1.82) is 0 Å². The Morgan fingerprint density at radius 3 is 0.233 bits per heavy atom. The molecule has 0 bridgehead atoms. The van der Waals surface area contributed by atoms with Crippen molar-refractivity contribution in [2.24, 2.45) is 0 Å². The molecule has 0 aromatic carbocycles. The SMILES string of the molecule is O=P([O-])([O-])[O-].O=P([O-])([O-])[O-].O=P([O-])([O-])[O-].O=P([O-])([O-])[O-].O=P([O-])([O-])[O-].[Pr+3].[Pr+3].[Pr+3].[Pr+3].[Pr+3]. The molecular formula is O20P5Pr5. The average molecular weight is 1180 g/mol. The zero-order valence-corrected chi connectivity index (χ0v) is 36.3. The smallest absolute Gasteiger partial charge is 0.822 e. The van der Waals surface area contributed by atoms with Gasteiger partial charge in [-0.25, -0.2) is 0 Å². The summed E-state index contributed by atoms with van der Waals surface area (Å²) in [6.07, 6.45) is 0. The first-order valence-electron chi connectivity index (χ1n) is 3.65. The molecule has 0 aliphatic heterocycles. The van der Waals surface area contributed by atoms with Gasteiger partial charge in [0.15, 0.2) is 0 Å². The van der Waals surface area contributed by atoms with Crippen LogP contribution in [0.4, 0.5) is 0 Å². The van der Waals surface area contributed by atoms with Gasteiger partial charge in [-0.3, -0.25) is 0 Å². The molecule has 0 saturated carbocycles. The van der Waals surface area contributed by atoms with Crippen molar-refractivity contribution < 1.29 is 303 Å². The van der Waals surface area contributed by atoms with Crippen LogP contribution in [-0.2, 0) is 22.8 Å².